The molecule has 0 amide bonds. The Kier molecular flexibility index (Phi) is 7.22. The van der Waals surface area contributed by atoms with Crippen LogP contribution in [-0.2, 0) is 5.41 Å². The lowest BCUT2D eigenvalue weighted by atomic mass is 9.77. The lowest BCUT2D eigenvalue weighted by Gasteiger charge is -2.30. The Balaban J connectivity index is 1.11. The standard InChI is InChI=1S/C50H41N/c1-32-11-9-12-33(2)49(32)51(43-16-10-15-36(26-43)34-13-7-6-8-14-34)44-24-21-39-29-46-47-30-40-25-37(35-19-22-42(23-20-35)50(3,4)5)17-18-38(40)28-45(47)48(46)31-41(39)27-44/h6-31H,1-5H3. The van der Waals surface area contributed by atoms with Gasteiger partial charge in [-0.05, 0) is 157 Å². The summed E-state index contributed by atoms with van der Waals surface area (Å²) in [5.74, 6) is 0. The van der Waals surface area contributed by atoms with Crippen LogP contribution < -0.4 is 4.90 Å². The molecule has 9 rings (SSSR count). The maximum absolute atomic E-state index is 2.44. The molecule has 8 aromatic rings. The summed E-state index contributed by atoms with van der Waals surface area (Å²) in [7, 11) is 0. The van der Waals surface area contributed by atoms with Crippen molar-refractivity contribution in [2.24, 2.45) is 0 Å². The van der Waals surface area contributed by atoms with Gasteiger partial charge in [0.1, 0.15) is 0 Å². The Labute approximate surface area is 301 Å². The molecule has 1 heteroatoms. The van der Waals surface area contributed by atoms with Crippen molar-refractivity contribution in [3.05, 3.63) is 174 Å². The molecule has 1 aliphatic carbocycles. The van der Waals surface area contributed by atoms with Crippen LogP contribution >= 0.6 is 0 Å². The van der Waals surface area contributed by atoms with Gasteiger partial charge in [0.2, 0.25) is 0 Å². The van der Waals surface area contributed by atoms with Crippen LogP contribution in [0.2, 0.25) is 0 Å². The molecule has 0 fully saturated rings. The Morgan fingerprint density at radius 2 is 0.863 bits per heavy atom. The normalized spacial score (nSPS) is 12.0. The fraction of sp³-hybridized carbons (Fsp3) is 0.120. The van der Waals surface area contributed by atoms with Crippen LogP contribution in [0.5, 0.6) is 0 Å². The van der Waals surface area contributed by atoms with Crippen LogP contribution in [0.3, 0.4) is 0 Å². The molecular weight excluding hydrogens is 615 g/mol. The second kappa shape index (κ2) is 11.9. The highest BCUT2D eigenvalue weighted by Crippen LogP contribution is 2.51. The van der Waals surface area contributed by atoms with E-state index in [1.54, 1.807) is 0 Å². The molecule has 0 spiro atoms. The Hall–Kier alpha value is -5.92. The molecule has 0 saturated carbocycles. The monoisotopic (exact) mass is 655 g/mol. The fourth-order valence-electron chi connectivity index (χ4n) is 7.91. The van der Waals surface area contributed by atoms with E-state index >= 15 is 0 Å². The van der Waals surface area contributed by atoms with E-state index in [9.17, 15) is 0 Å². The smallest absolute Gasteiger partial charge is 0.0519 e. The summed E-state index contributed by atoms with van der Waals surface area (Å²) < 4.78 is 0. The molecule has 1 aliphatic rings. The van der Waals surface area contributed by atoms with Gasteiger partial charge in [0.25, 0.3) is 0 Å². The first kappa shape index (κ1) is 31.1. The van der Waals surface area contributed by atoms with Gasteiger partial charge in [-0.1, -0.05) is 124 Å². The molecule has 0 aromatic heterocycles. The first-order chi connectivity index (χ1) is 24.7. The van der Waals surface area contributed by atoms with E-state index in [-0.39, 0.29) is 5.41 Å². The van der Waals surface area contributed by atoms with E-state index in [4.69, 9.17) is 0 Å². The van der Waals surface area contributed by atoms with Crippen molar-refractivity contribution in [1.29, 1.82) is 0 Å². The molecular formula is C50H41N. The second-order valence-corrected chi connectivity index (χ2v) is 15.2. The summed E-state index contributed by atoms with van der Waals surface area (Å²) in [4.78, 5) is 2.44. The second-order valence-electron chi connectivity index (χ2n) is 15.2. The van der Waals surface area contributed by atoms with Gasteiger partial charge in [0, 0.05) is 11.4 Å². The molecule has 0 bridgehead atoms. The zero-order valence-corrected chi connectivity index (χ0v) is 30.0. The van der Waals surface area contributed by atoms with Gasteiger partial charge in [-0.3, -0.25) is 0 Å². The predicted molar refractivity (Wildman–Crippen MR) is 220 cm³/mol. The summed E-state index contributed by atoms with van der Waals surface area (Å²) in [5, 5.41) is 5.08. The topological polar surface area (TPSA) is 3.24 Å². The zero-order valence-electron chi connectivity index (χ0n) is 30.0. The number of fused-ring (bicyclic) bond motifs is 6. The third kappa shape index (κ3) is 5.41. The first-order valence-corrected chi connectivity index (χ1v) is 18.0. The number of nitrogens with zero attached hydrogens (tertiary/aromatic N) is 1. The molecule has 8 aromatic carbocycles. The minimum absolute atomic E-state index is 0.150. The van der Waals surface area contributed by atoms with Crippen LogP contribution in [0.15, 0.2) is 158 Å². The third-order valence-electron chi connectivity index (χ3n) is 10.7. The molecule has 0 atom stereocenters. The van der Waals surface area contributed by atoms with Crippen LogP contribution in [-0.4, -0.2) is 0 Å². The van der Waals surface area contributed by atoms with E-state index < -0.39 is 0 Å². The lowest BCUT2D eigenvalue weighted by molar-refractivity contribution is 0.590. The fourth-order valence-corrected chi connectivity index (χ4v) is 7.91. The van der Waals surface area contributed by atoms with Crippen LogP contribution in [0.1, 0.15) is 37.5 Å². The van der Waals surface area contributed by atoms with Gasteiger partial charge < -0.3 is 4.90 Å². The number of aryl methyl sites for hydroxylation is 2. The van der Waals surface area contributed by atoms with Crippen molar-refractivity contribution in [3.63, 3.8) is 0 Å². The summed E-state index contributed by atoms with van der Waals surface area (Å²) in [6.45, 7) is 11.2. The molecule has 51 heavy (non-hydrogen) atoms. The van der Waals surface area contributed by atoms with Gasteiger partial charge in [0.15, 0.2) is 0 Å². The molecule has 0 heterocycles. The molecule has 246 valence electrons. The van der Waals surface area contributed by atoms with Crippen molar-refractivity contribution in [1.82, 2.24) is 0 Å². The summed E-state index contributed by atoms with van der Waals surface area (Å²) in [5.41, 5.74) is 17.9. The number of para-hydroxylation sites is 1. The Bertz CT molecular complexity index is 2600. The van der Waals surface area contributed by atoms with E-state index in [1.165, 1.54) is 88.4 Å². The average molecular weight is 656 g/mol. The molecule has 0 unspecified atom stereocenters. The highest BCUT2D eigenvalue weighted by atomic mass is 15.1. The maximum atomic E-state index is 2.44. The maximum Gasteiger partial charge on any atom is 0.0519 e. The van der Waals surface area contributed by atoms with Crippen molar-refractivity contribution in [2.75, 3.05) is 4.90 Å². The van der Waals surface area contributed by atoms with Crippen molar-refractivity contribution in [3.8, 4) is 44.5 Å². The van der Waals surface area contributed by atoms with Crippen molar-refractivity contribution in [2.45, 2.75) is 40.0 Å². The highest BCUT2D eigenvalue weighted by molar-refractivity contribution is 6.12. The molecule has 0 radical (unpaired) electrons. The van der Waals surface area contributed by atoms with Crippen LogP contribution in [0.25, 0.3) is 66.1 Å². The molecule has 1 nitrogen and oxygen atoms in total. The Morgan fingerprint density at radius 3 is 1.51 bits per heavy atom. The van der Waals surface area contributed by atoms with Gasteiger partial charge in [-0.15, -0.1) is 0 Å². The average Bonchev–Trinajstić information content (AvgIpc) is 3.15. The van der Waals surface area contributed by atoms with Crippen LogP contribution in [0.4, 0.5) is 17.1 Å². The summed E-state index contributed by atoms with van der Waals surface area (Å²) in [6, 6.07) is 58.6. The highest BCUT2D eigenvalue weighted by Gasteiger charge is 2.25. The number of hydrogen-bond donors (Lipinski definition) is 0. The predicted octanol–water partition coefficient (Wildman–Crippen LogP) is 14.4. The SMILES string of the molecule is Cc1cccc(C)c1N(c1cccc(-c2ccccc2)c1)c1ccc2cc3c(cc2c1)-c1cc2ccc(-c4ccc(C(C)(C)C)cc4)cc2cc1-3. The number of benzene rings is 8. The lowest BCUT2D eigenvalue weighted by Crippen LogP contribution is -2.13. The summed E-state index contributed by atoms with van der Waals surface area (Å²) in [6.07, 6.45) is 0. The largest absolute Gasteiger partial charge is 0.310 e. The van der Waals surface area contributed by atoms with E-state index in [1.807, 2.05) is 0 Å². The van der Waals surface area contributed by atoms with Crippen molar-refractivity contribution >= 4 is 38.6 Å². The van der Waals surface area contributed by atoms with Gasteiger partial charge in [-0.25, -0.2) is 0 Å². The molecule has 0 saturated heterocycles. The van der Waals surface area contributed by atoms with Gasteiger partial charge >= 0.3 is 0 Å². The number of rotatable bonds is 5. The number of hydrogen-bond acceptors (Lipinski definition) is 1. The van der Waals surface area contributed by atoms with E-state index in [2.05, 4.69) is 197 Å². The van der Waals surface area contributed by atoms with Gasteiger partial charge in [0.05, 0.1) is 5.69 Å². The van der Waals surface area contributed by atoms with Crippen LogP contribution in [0, 0.1) is 13.8 Å². The molecule has 0 aliphatic heterocycles. The number of anilines is 3. The van der Waals surface area contributed by atoms with Gasteiger partial charge in [-0.2, -0.15) is 0 Å². The molecule has 0 N–H and O–H groups in total. The Morgan fingerprint density at radius 1 is 0.373 bits per heavy atom. The minimum atomic E-state index is 0.150. The minimum Gasteiger partial charge on any atom is -0.310 e. The quantitative estimate of drug-likeness (QED) is 0.178. The van der Waals surface area contributed by atoms with E-state index in [0.717, 1.165) is 11.4 Å². The zero-order chi connectivity index (χ0) is 34.9. The van der Waals surface area contributed by atoms with E-state index in [0.29, 0.717) is 0 Å². The van der Waals surface area contributed by atoms with Crippen molar-refractivity contribution < 1.29 is 0 Å². The third-order valence-corrected chi connectivity index (χ3v) is 10.7. The first-order valence-electron chi connectivity index (χ1n) is 18.0. The summed E-state index contributed by atoms with van der Waals surface area (Å²) >= 11 is 0.